The van der Waals surface area contributed by atoms with Gasteiger partial charge in [-0.05, 0) is 18.4 Å². The quantitative estimate of drug-likeness (QED) is 0.495. The Morgan fingerprint density at radius 2 is 2.06 bits per heavy atom. The smallest absolute Gasteiger partial charge is 0.162 e. The van der Waals surface area contributed by atoms with Gasteiger partial charge >= 0.3 is 0 Å². The van der Waals surface area contributed by atoms with Crippen molar-refractivity contribution in [2.24, 2.45) is 0 Å². The van der Waals surface area contributed by atoms with E-state index >= 15 is 0 Å². The number of rotatable bonds is 8. The molecule has 0 spiro atoms. The van der Waals surface area contributed by atoms with E-state index in [9.17, 15) is 4.79 Å². The number of ketones is 1. The minimum atomic E-state index is 0.0923. The number of aryl methyl sites for hydroxylation is 1. The summed E-state index contributed by atoms with van der Waals surface area (Å²) in [6.45, 7) is 4.35. The molecule has 2 heteroatoms. The predicted octanol–water partition coefficient (Wildman–Crippen LogP) is 2.78. The number of carbonyl (C=O) groups is 1. The topological polar surface area (TPSA) is 26.3 Å². The summed E-state index contributed by atoms with van der Waals surface area (Å²) in [6.07, 6.45) is 3.95. The highest BCUT2D eigenvalue weighted by Crippen LogP contribution is 2.02. The average Bonchev–Trinajstić information content (AvgIpc) is 2.30. The van der Waals surface area contributed by atoms with Crippen LogP contribution in [0.25, 0.3) is 0 Å². The first-order valence-electron chi connectivity index (χ1n) is 5.57. The summed E-state index contributed by atoms with van der Waals surface area (Å²) in [4.78, 5) is 11.1. The molecule has 0 radical (unpaired) electrons. The lowest BCUT2D eigenvalue weighted by molar-refractivity contribution is -0.122. The molecule has 1 rings (SSSR count). The summed E-state index contributed by atoms with van der Waals surface area (Å²) >= 11 is 0. The SMILES string of the molecule is C=CCC(=O)COCCCc1ccccc1. The lowest BCUT2D eigenvalue weighted by Crippen LogP contribution is -2.08. The first kappa shape index (κ1) is 12.7. The van der Waals surface area contributed by atoms with Gasteiger partial charge in [-0.15, -0.1) is 6.58 Å². The van der Waals surface area contributed by atoms with Crippen LogP contribution in [-0.2, 0) is 16.0 Å². The molecule has 0 aliphatic carbocycles. The first-order chi connectivity index (χ1) is 7.83. The number of ether oxygens (including phenoxy) is 1. The Morgan fingerprint density at radius 3 is 2.75 bits per heavy atom. The summed E-state index contributed by atoms with van der Waals surface area (Å²) in [5.41, 5.74) is 1.31. The molecular formula is C14H18O2. The molecule has 0 bridgehead atoms. The van der Waals surface area contributed by atoms with Crippen molar-refractivity contribution in [1.29, 1.82) is 0 Å². The van der Waals surface area contributed by atoms with Crippen LogP contribution < -0.4 is 0 Å². The molecule has 1 aromatic carbocycles. The molecule has 0 amide bonds. The first-order valence-corrected chi connectivity index (χ1v) is 5.57. The molecule has 0 saturated carbocycles. The van der Waals surface area contributed by atoms with E-state index in [1.54, 1.807) is 6.08 Å². The third-order valence-corrected chi connectivity index (χ3v) is 2.23. The Bertz CT molecular complexity index is 317. The Morgan fingerprint density at radius 1 is 1.31 bits per heavy atom. The summed E-state index contributed by atoms with van der Waals surface area (Å²) in [5, 5.41) is 0. The van der Waals surface area contributed by atoms with Gasteiger partial charge in [0.25, 0.3) is 0 Å². The normalized spacial score (nSPS) is 10.0. The van der Waals surface area contributed by atoms with Crippen LogP contribution in [0.15, 0.2) is 43.0 Å². The standard InChI is InChI=1S/C14H18O2/c1-2-7-14(15)12-16-11-6-10-13-8-4-3-5-9-13/h2-5,8-9H,1,6-7,10-12H2. The molecule has 0 heterocycles. The fourth-order valence-electron chi connectivity index (χ4n) is 1.43. The average molecular weight is 218 g/mol. The van der Waals surface area contributed by atoms with Crippen molar-refractivity contribution >= 4 is 5.78 Å². The second kappa shape index (κ2) is 7.83. The zero-order valence-electron chi connectivity index (χ0n) is 9.52. The van der Waals surface area contributed by atoms with Crippen LogP contribution in [0.1, 0.15) is 18.4 Å². The van der Waals surface area contributed by atoms with Gasteiger partial charge in [0.1, 0.15) is 6.61 Å². The van der Waals surface area contributed by atoms with Crippen molar-refractivity contribution in [3.63, 3.8) is 0 Å². The van der Waals surface area contributed by atoms with E-state index in [0.717, 1.165) is 12.8 Å². The fraction of sp³-hybridized carbons (Fsp3) is 0.357. The number of benzene rings is 1. The number of carbonyl (C=O) groups excluding carboxylic acids is 1. The molecule has 16 heavy (non-hydrogen) atoms. The molecule has 0 unspecified atom stereocenters. The molecule has 0 saturated heterocycles. The van der Waals surface area contributed by atoms with Crippen LogP contribution in [0.4, 0.5) is 0 Å². The minimum Gasteiger partial charge on any atom is -0.374 e. The van der Waals surface area contributed by atoms with Crippen molar-refractivity contribution in [3.05, 3.63) is 48.6 Å². The van der Waals surface area contributed by atoms with E-state index in [1.807, 2.05) is 18.2 Å². The van der Waals surface area contributed by atoms with Gasteiger partial charge in [-0.2, -0.15) is 0 Å². The van der Waals surface area contributed by atoms with Crippen LogP contribution in [0.5, 0.6) is 0 Å². The van der Waals surface area contributed by atoms with Gasteiger partial charge in [-0.1, -0.05) is 36.4 Å². The molecular weight excluding hydrogens is 200 g/mol. The van der Waals surface area contributed by atoms with E-state index in [0.29, 0.717) is 13.0 Å². The zero-order valence-corrected chi connectivity index (χ0v) is 9.52. The molecule has 86 valence electrons. The fourth-order valence-corrected chi connectivity index (χ4v) is 1.43. The van der Waals surface area contributed by atoms with Crippen molar-refractivity contribution < 1.29 is 9.53 Å². The van der Waals surface area contributed by atoms with E-state index in [-0.39, 0.29) is 12.4 Å². The molecule has 0 aliphatic rings. The van der Waals surface area contributed by atoms with Gasteiger partial charge in [0.2, 0.25) is 0 Å². The predicted molar refractivity (Wildman–Crippen MR) is 65.4 cm³/mol. The van der Waals surface area contributed by atoms with Crippen molar-refractivity contribution in [2.45, 2.75) is 19.3 Å². The van der Waals surface area contributed by atoms with Crippen LogP contribution >= 0.6 is 0 Å². The zero-order chi connectivity index (χ0) is 11.6. The third-order valence-electron chi connectivity index (χ3n) is 2.23. The van der Waals surface area contributed by atoms with Gasteiger partial charge in [0, 0.05) is 13.0 Å². The van der Waals surface area contributed by atoms with Gasteiger partial charge in [0.05, 0.1) is 0 Å². The van der Waals surface area contributed by atoms with E-state index in [2.05, 4.69) is 18.7 Å². The summed E-state index contributed by atoms with van der Waals surface area (Å²) in [7, 11) is 0. The summed E-state index contributed by atoms with van der Waals surface area (Å²) in [6, 6.07) is 10.3. The Kier molecular flexibility index (Phi) is 6.19. The molecule has 2 nitrogen and oxygen atoms in total. The Labute approximate surface area is 96.9 Å². The summed E-state index contributed by atoms with van der Waals surface area (Å²) in [5.74, 6) is 0.0923. The number of Topliss-reactive ketones (excluding diaryl/α,β-unsaturated/α-hetero) is 1. The van der Waals surface area contributed by atoms with Gasteiger partial charge in [-0.3, -0.25) is 4.79 Å². The highest BCUT2D eigenvalue weighted by Gasteiger charge is 1.98. The molecule has 0 aromatic heterocycles. The Balaban J connectivity index is 2.04. The largest absolute Gasteiger partial charge is 0.374 e. The number of hydrogen-bond acceptors (Lipinski definition) is 2. The second-order valence-electron chi connectivity index (χ2n) is 3.67. The molecule has 0 atom stereocenters. The number of hydrogen-bond donors (Lipinski definition) is 0. The van der Waals surface area contributed by atoms with E-state index in [4.69, 9.17) is 4.74 Å². The van der Waals surface area contributed by atoms with Gasteiger partial charge < -0.3 is 4.74 Å². The maximum Gasteiger partial charge on any atom is 0.162 e. The van der Waals surface area contributed by atoms with Crippen LogP contribution in [-0.4, -0.2) is 19.0 Å². The maximum absolute atomic E-state index is 11.1. The van der Waals surface area contributed by atoms with Crippen LogP contribution in [0.2, 0.25) is 0 Å². The monoisotopic (exact) mass is 218 g/mol. The highest BCUT2D eigenvalue weighted by atomic mass is 16.5. The molecule has 0 fully saturated rings. The second-order valence-corrected chi connectivity index (χ2v) is 3.67. The molecule has 0 N–H and O–H groups in total. The van der Waals surface area contributed by atoms with E-state index < -0.39 is 0 Å². The van der Waals surface area contributed by atoms with Gasteiger partial charge in [-0.25, -0.2) is 0 Å². The van der Waals surface area contributed by atoms with Crippen molar-refractivity contribution in [3.8, 4) is 0 Å². The van der Waals surface area contributed by atoms with Gasteiger partial charge in [0.15, 0.2) is 5.78 Å². The third kappa shape index (κ3) is 5.47. The van der Waals surface area contributed by atoms with E-state index in [1.165, 1.54) is 5.56 Å². The number of allylic oxidation sites excluding steroid dienone is 1. The lowest BCUT2D eigenvalue weighted by Gasteiger charge is -2.03. The minimum absolute atomic E-state index is 0.0923. The van der Waals surface area contributed by atoms with Crippen LogP contribution in [0, 0.1) is 0 Å². The molecule has 1 aromatic rings. The van der Waals surface area contributed by atoms with Crippen molar-refractivity contribution in [2.75, 3.05) is 13.2 Å². The van der Waals surface area contributed by atoms with Crippen molar-refractivity contribution in [1.82, 2.24) is 0 Å². The lowest BCUT2D eigenvalue weighted by atomic mass is 10.1. The van der Waals surface area contributed by atoms with Crippen LogP contribution in [0.3, 0.4) is 0 Å². The molecule has 0 aliphatic heterocycles. The summed E-state index contributed by atoms with van der Waals surface area (Å²) < 4.78 is 5.27. The Hall–Kier alpha value is -1.41. The highest BCUT2D eigenvalue weighted by molar-refractivity contribution is 5.80. The maximum atomic E-state index is 11.1.